The van der Waals surface area contributed by atoms with Crippen LogP contribution in [0.4, 0.5) is 0 Å². The van der Waals surface area contributed by atoms with Crippen LogP contribution in [0.1, 0.15) is 32.6 Å². The van der Waals surface area contributed by atoms with Crippen molar-refractivity contribution in [3.8, 4) is 0 Å². The van der Waals surface area contributed by atoms with Gasteiger partial charge in [-0.25, -0.2) is 0 Å². The lowest BCUT2D eigenvalue weighted by atomic mass is 9.98. The lowest BCUT2D eigenvalue weighted by Crippen LogP contribution is -2.51. The highest BCUT2D eigenvalue weighted by atomic mass is 16.2. The molecule has 1 amide bonds. The maximum atomic E-state index is 11.2. The molecule has 0 aromatic carbocycles. The van der Waals surface area contributed by atoms with Gasteiger partial charge in [-0.05, 0) is 32.2 Å². The number of hydrogen-bond donors (Lipinski definition) is 1. The Bertz CT molecular complexity index is 249. The molecule has 4 nitrogen and oxygen atoms in total. The van der Waals surface area contributed by atoms with E-state index in [0.717, 1.165) is 32.5 Å². The van der Waals surface area contributed by atoms with Crippen molar-refractivity contribution in [2.24, 2.45) is 5.73 Å². The molecule has 2 saturated heterocycles. The summed E-state index contributed by atoms with van der Waals surface area (Å²) in [6.07, 6.45) is 4.63. The molecule has 0 radical (unpaired) electrons. The Morgan fingerprint density at radius 3 is 2.44 bits per heavy atom. The predicted octanol–water partition coefficient (Wildman–Crippen LogP) is 0.420. The summed E-state index contributed by atoms with van der Waals surface area (Å²) in [5.41, 5.74) is 6.00. The fourth-order valence-corrected chi connectivity index (χ4v) is 2.92. The topological polar surface area (TPSA) is 49.6 Å². The lowest BCUT2D eigenvalue weighted by Gasteiger charge is -2.41. The maximum absolute atomic E-state index is 11.2. The first kappa shape index (κ1) is 11.9. The summed E-state index contributed by atoms with van der Waals surface area (Å²) in [5, 5.41) is 0. The second-order valence-corrected chi connectivity index (χ2v) is 5.13. The molecule has 0 spiro atoms. The van der Waals surface area contributed by atoms with Crippen LogP contribution >= 0.6 is 0 Å². The van der Waals surface area contributed by atoms with Crippen LogP contribution in [0, 0.1) is 0 Å². The van der Waals surface area contributed by atoms with E-state index < -0.39 is 0 Å². The number of piperidine rings is 2. The predicted molar refractivity (Wildman–Crippen MR) is 64.1 cm³/mol. The molecule has 2 N–H and O–H groups in total. The number of hydrogen-bond acceptors (Lipinski definition) is 3. The van der Waals surface area contributed by atoms with Crippen LogP contribution in [0.5, 0.6) is 0 Å². The van der Waals surface area contributed by atoms with E-state index in [9.17, 15) is 4.79 Å². The molecule has 1 atom stereocenters. The minimum absolute atomic E-state index is 0.216. The van der Waals surface area contributed by atoms with E-state index in [1.807, 2.05) is 4.90 Å². The summed E-state index contributed by atoms with van der Waals surface area (Å²) in [6, 6.07) is 1.02. The average Bonchev–Trinajstić information content (AvgIpc) is 2.29. The molecule has 0 aromatic heterocycles. The SMILES string of the molecule is CC(=O)N1CCC(N2CCC[C@@H](N)C2)CC1. The molecule has 2 aliphatic rings. The van der Waals surface area contributed by atoms with Crippen molar-refractivity contribution in [2.75, 3.05) is 26.2 Å². The number of nitrogens with two attached hydrogens (primary N) is 1. The zero-order chi connectivity index (χ0) is 11.5. The molecule has 0 aliphatic carbocycles. The summed E-state index contributed by atoms with van der Waals surface area (Å²) in [5.74, 6) is 0.216. The van der Waals surface area contributed by atoms with Crippen LogP contribution in [0.25, 0.3) is 0 Å². The minimum atomic E-state index is 0.216. The van der Waals surface area contributed by atoms with Gasteiger partial charge >= 0.3 is 0 Å². The van der Waals surface area contributed by atoms with Crippen LogP contribution in [-0.2, 0) is 4.79 Å². The summed E-state index contributed by atoms with van der Waals surface area (Å²) >= 11 is 0. The van der Waals surface area contributed by atoms with Crippen molar-refractivity contribution in [3.63, 3.8) is 0 Å². The zero-order valence-electron chi connectivity index (χ0n) is 10.2. The first-order valence-electron chi connectivity index (χ1n) is 6.42. The molecule has 0 unspecified atom stereocenters. The van der Waals surface area contributed by atoms with E-state index in [-0.39, 0.29) is 5.91 Å². The summed E-state index contributed by atoms with van der Waals surface area (Å²) in [6.45, 7) is 5.75. The third-order valence-corrected chi connectivity index (χ3v) is 3.92. The molecule has 2 rings (SSSR count). The van der Waals surface area contributed by atoms with Crippen LogP contribution in [0.3, 0.4) is 0 Å². The van der Waals surface area contributed by atoms with Crippen LogP contribution in [-0.4, -0.2) is 54.0 Å². The number of amides is 1. The molecule has 0 bridgehead atoms. The molecule has 2 fully saturated rings. The molecular weight excluding hydrogens is 202 g/mol. The second-order valence-electron chi connectivity index (χ2n) is 5.13. The second kappa shape index (κ2) is 5.15. The maximum Gasteiger partial charge on any atom is 0.219 e. The third kappa shape index (κ3) is 2.74. The van der Waals surface area contributed by atoms with E-state index in [4.69, 9.17) is 5.73 Å². The van der Waals surface area contributed by atoms with Gasteiger partial charge in [0.05, 0.1) is 0 Å². The van der Waals surface area contributed by atoms with Crippen molar-refractivity contribution in [3.05, 3.63) is 0 Å². The van der Waals surface area contributed by atoms with Gasteiger partial charge in [-0.3, -0.25) is 9.69 Å². The zero-order valence-corrected chi connectivity index (χ0v) is 10.2. The highest BCUT2D eigenvalue weighted by Crippen LogP contribution is 2.20. The van der Waals surface area contributed by atoms with Crippen molar-refractivity contribution in [1.29, 1.82) is 0 Å². The standard InChI is InChI=1S/C12H23N3O/c1-10(16)14-7-4-12(5-8-14)15-6-2-3-11(13)9-15/h11-12H,2-9,13H2,1H3/t11-/m1/s1. The fourth-order valence-electron chi connectivity index (χ4n) is 2.92. The number of nitrogens with zero attached hydrogens (tertiary/aromatic N) is 2. The third-order valence-electron chi connectivity index (χ3n) is 3.92. The monoisotopic (exact) mass is 225 g/mol. The molecule has 4 heteroatoms. The fraction of sp³-hybridized carbons (Fsp3) is 0.917. The Morgan fingerprint density at radius 1 is 1.19 bits per heavy atom. The van der Waals surface area contributed by atoms with Crippen LogP contribution in [0.2, 0.25) is 0 Å². The highest BCUT2D eigenvalue weighted by molar-refractivity contribution is 5.73. The van der Waals surface area contributed by atoms with Gasteiger partial charge in [0, 0.05) is 38.6 Å². The van der Waals surface area contributed by atoms with Crippen molar-refractivity contribution >= 4 is 5.91 Å². The molecule has 16 heavy (non-hydrogen) atoms. The Labute approximate surface area is 97.8 Å². The Hall–Kier alpha value is -0.610. The Kier molecular flexibility index (Phi) is 3.82. The molecule has 0 saturated carbocycles. The van der Waals surface area contributed by atoms with Crippen molar-refractivity contribution in [2.45, 2.75) is 44.7 Å². The van der Waals surface area contributed by atoms with Gasteiger partial charge in [0.15, 0.2) is 0 Å². The highest BCUT2D eigenvalue weighted by Gasteiger charge is 2.28. The molecule has 2 heterocycles. The summed E-state index contributed by atoms with van der Waals surface area (Å²) < 4.78 is 0. The van der Waals surface area contributed by atoms with Crippen molar-refractivity contribution < 1.29 is 4.79 Å². The van der Waals surface area contributed by atoms with Crippen molar-refractivity contribution in [1.82, 2.24) is 9.80 Å². The van der Waals surface area contributed by atoms with Gasteiger partial charge in [0.25, 0.3) is 0 Å². The number of carbonyl (C=O) groups excluding carboxylic acids is 1. The number of rotatable bonds is 1. The molecule has 92 valence electrons. The van der Waals surface area contributed by atoms with E-state index in [1.54, 1.807) is 6.92 Å². The molecule has 2 aliphatic heterocycles. The first-order valence-corrected chi connectivity index (χ1v) is 6.42. The van der Waals surface area contributed by atoms with Gasteiger partial charge in [-0.1, -0.05) is 0 Å². The van der Waals surface area contributed by atoms with Gasteiger partial charge in [0.2, 0.25) is 5.91 Å². The normalized spacial score (nSPS) is 29.4. The summed E-state index contributed by atoms with van der Waals surface area (Å²) in [7, 11) is 0. The van der Waals surface area contributed by atoms with Gasteiger partial charge < -0.3 is 10.6 Å². The van der Waals surface area contributed by atoms with E-state index in [2.05, 4.69) is 4.90 Å². The summed E-state index contributed by atoms with van der Waals surface area (Å²) in [4.78, 5) is 15.7. The van der Waals surface area contributed by atoms with Crippen LogP contribution in [0.15, 0.2) is 0 Å². The number of likely N-dealkylation sites (tertiary alicyclic amines) is 2. The van der Waals surface area contributed by atoms with E-state index in [0.29, 0.717) is 12.1 Å². The van der Waals surface area contributed by atoms with Gasteiger partial charge in [-0.15, -0.1) is 0 Å². The van der Waals surface area contributed by atoms with E-state index in [1.165, 1.54) is 19.4 Å². The largest absolute Gasteiger partial charge is 0.343 e. The first-order chi connectivity index (χ1) is 7.66. The minimum Gasteiger partial charge on any atom is -0.343 e. The van der Waals surface area contributed by atoms with Crippen LogP contribution < -0.4 is 5.73 Å². The lowest BCUT2D eigenvalue weighted by molar-refractivity contribution is -0.130. The average molecular weight is 225 g/mol. The van der Waals surface area contributed by atoms with E-state index >= 15 is 0 Å². The number of carbonyl (C=O) groups is 1. The quantitative estimate of drug-likeness (QED) is 0.703. The van der Waals surface area contributed by atoms with Gasteiger partial charge in [-0.2, -0.15) is 0 Å². The molecule has 0 aromatic rings. The smallest absolute Gasteiger partial charge is 0.219 e. The molecular formula is C12H23N3O. The Morgan fingerprint density at radius 2 is 1.88 bits per heavy atom. The Balaban J connectivity index is 1.81. The van der Waals surface area contributed by atoms with Gasteiger partial charge in [0.1, 0.15) is 0 Å².